The number of nitrogens with two attached hydrogens (primary N) is 1. The van der Waals surface area contributed by atoms with Crippen LogP contribution in [0, 0.1) is 0 Å². The van der Waals surface area contributed by atoms with Crippen LogP contribution in [-0.4, -0.2) is 59.9 Å². The molecule has 2 heterocycles. The summed E-state index contributed by atoms with van der Waals surface area (Å²) in [6, 6.07) is -0.635. The van der Waals surface area contributed by atoms with E-state index >= 15 is 0 Å². The van der Waals surface area contributed by atoms with Gasteiger partial charge in [0.25, 0.3) is 0 Å². The summed E-state index contributed by atoms with van der Waals surface area (Å²) in [4.78, 5) is 10.9. The summed E-state index contributed by atoms with van der Waals surface area (Å²) in [6.07, 6.45) is -3.87. The van der Waals surface area contributed by atoms with Gasteiger partial charge in [-0.3, -0.25) is 0 Å². The highest BCUT2D eigenvalue weighted by Crippen LogP contribution is 2.23. The molecular formula is C8H14N2O5. The fourth-order valence-corrected chi connectivity index (χ4v) is 1.89. The van der Waals surface area contributed by atoms with E-state index in [0.29, 0.717) is 0 Å². The lowest BCUT2D eigenvalue weighted by Crippen LogP contribution is -2.68. The van der Waals surface area contributed by atoms with E-state index in [1.165, 1.54) is 0 Å². The molecule has 0 aromatic carbocycles. The van der Waals surface area contributed by atoms with Gasteiger partial charge in [0.1, 0.15) is 24.9 Å². The Labute approximate surface area is 86.1 Å². The van der Waals surface area contributed by atoms with Crippen LogP contribution in [0.25, 0.3) is 0 Å². The third-order valence-electron chi connectivity index (χ3n) is 2.74. The number of aliphatic hydroxyl groups is 2. The molecule has 86 valence electrons. The largest absolute Gasteiger partial charge is 0.447 e. The first-order valence-electron chi connectivity index (χ1n) is 4.78. The molecule has 2 aliphatic rings. The highest BCUT2D eigenvalue weighted by atomic mass is 16.6. The Morgan fingerprint density at radius 3 is 2.87 bits per heavy atom. The maximum atomic E-state index is 10.9. The molecule has 0 aromatic rings. The smallest absolute Gasteiger partial charge is 0.407 e. The van der Waals surface area contributed by atoms with Gasteiger partial charge in [-0.15, -0.1) is 0 Å². The van der Waals surface area contributed by atoms with Crippen molar-refractivity contribution in [1.82, 2.24) is 5.32 Å². The van der Waals surface area contributed by atoms with Crippen molar-refractivity contribution in [2.24, 2.45) is 5.73 Å². The number of ether oxygens (including phenoxy) is 2. The van der Waals surface area contributed by atoms with E-state index in [2.05, 4.69) is 5.32 Å². The zero-order chi connectivity index (χ0) is 11.0. The average Bonchev–Trinajstić information content (AvgIpc) is 2.24. The van der Waals surface area contributed by atoms with Crippen LogP contribution < -0.4 is 11.1 Å². The first kappa shape index (κ1) is 10.6. The van der Waals surface area contributed by atoms with Crippen LogP contribution in [-0.2, 0) is 9.47 Å². The van der Waals surface area contributed by atoms with E-state index in [0.717, 1.165) is 0 Å². The van der Waals surface area contributed by atoms with E-state index < -0.39 is 36.6 Å². The molecular weight excluding hydrogens is 204 g/mol. The molecule has 0 saturated carbocycles. The number of hydrogen-bond donors (Lipinski definition) is 4. The van der Waals surface area contributed by atoms with Crippen LogP contribution in [0.15, 0.2) is 0 Å². The van der Waals surface area contributed by atoms with Gasteiger partial charge in [0, 0.05) is 6.54 Å². The molecule has 0 aromatic heterocycles. The summed E-state index contributed by atoms with van der Waals surface area (Å²) >= 11 is 0. The fourth-order valence-electron chi connectivity index (χ4n) is 1.89. The number of aliphatic hydroxyl groups excluding tert-OH is 2. The van der Waals surface area contributed by atoms with E-state index in [4.69, 9.17) is 15.2 Å². The number of hydrogen-bond acceptors (Lipinski definition) is 6. The molecule has 1 unspecified atom stereocenters. The van der Waals surface area contributed by atoms with Crippen LogP contribution >= 0.6 is 0 Å². The lowest BCUT2D eigenvalue weighted by molar-refractivity contribution is -0.196. The van der Waals surface area contributed by atoms with Gasteiger partial charge in [0.15, 0.2) is 0 Å². The average molecular weight is 218 g/mol. The number of nitrogens with one attached hydrogen (secondary N) is 1. The second-order valence-electron chi connectivity index (χ2n) is 3.70. The van der Waals surface area contributed by atoms with Crippen molar-refractivity contribution in [3.63, 3.8) is 0 Å². The molecule has 15 heavy (non-hydrogen) atoms. The fraction of sp³-hybridized carbons (Fsp3) is 0.875. The number of rotatable bonds is 1. The lowest BCUT2D eigenvalue weighted by Gasteiger charge is -2.44. The van der Waals surface area contributed by atoms with Crippen LogP contribution in [0.2, 0.25) is 0 Å². The molecule has 0 aliphatic carbocycles. The van der Waals surface area contributed by atoms with Crippen LogP contribution in [0.4, 0.5) is 4.79 Å². The predicted octanol–water partition coefficient (Wildman–Crippen LogP) is -2.46. The van der Waals surface area contributed by atoms with Gasteiger partial charge in [-0.2, -0.15) is 0 Å². The monoisotopic (exact) mass is 218 g/mol. The molecule has 2 saturated heterocycles. The number of cyclic esters (lactones) is 1. The third-order valence-corrected chi connectivity index (χ3v) is 2.74. The summed E-state index contributed by atoms with van der Waals surface area (Å²) in [7, 11) is 0. The minimum atomic E-state index is -1.09. The summed E-state index contributed by atoms with van der Waals surface area (Å²) in [5, 5.41) is 21.8. The molecule has 2 aliphatic heterocycles. The molecule has 7 heteroatoms. The normalized spacial score (nSPS) is 45.3. The summed E-state index contributed by atoms with van der Waals surface area (Å²) in [5.74, 6) is 0. The zero-order valence-electron chi connectivity index (χ0n) is 8.00. The van der Waals surface area contributed by atoms with Crippen molar-refractivity contribution < 1.29 is 24.5 Å². The van der Waals surface area contributed by atoms with E-state index in [9.17, 15) is 15.0 Å². The van der Waals surface area contributed by atoms with E-state index in [1.54, 1.807) is 0 Å². The van der Waals surface area contributed by atoms with Crippen molar-refractivity contribution in [1.29, 1.82) is 0 Å². The number of carbonyl (C=O) groups is 1. The SMILES string of the molecule is NCC1O[C@@H]2COC(=O)N[C@@H]2[C@@H](O)[C@H]1O. The van der Waals surface area contributed by atoms with Crippen molar-refractivity contribution in [2.75, 3.05) is 13.2 Å². The van der Waals surface area contributed by atoms with E-state index in [-0.39, 0.29) is 13.2 Å². The van der Waals surface area contributed by atoms with Gasteiger partial charge in [0.05, 0.1) is 12.1 Å². The minimum absolute atomic E-state index is 0.0663. The second kappa shape index (κ2) is 3.93. The first-order valence-corrected chi connectivity index (χ1v) is 4.78. The Bertz CT molecular complexity index is 259. The minimum Gasteiger partial charge on any atom is -0.447 e. The molecule has 0 bridgehead atoms. The molecule has 0 radical (unpaired) electrons. The van der Waals surface area contributed by atoms with Gasteiger partial charge >= 0.3 is 6.09 Å². The quantitative estimate of drug-likeness (QED) is 0.388. The highest BCUT2D eigenvalue weighted by Gasteiger charge is 2.47. The van der Waals surface area contributed by atoms with Gasteiger partial charge in [-0.25, -0.2) is 4.79 Å². The Morgan fingerprint density at radius 2 is 2.20 bits per heavy atom. The number of amides is 1. The standard InChI is InChI=1S/C8H14N2O5/c9-1-3-6(11)7(12)5-4(15-3)2-14-8(13)10-5/h3-7,11-12H,1-2,9H2,(H,10,13)/t3?,4-,5+,6+,7-/m1/s1. The van der Waals surface area contributed by atoms with Gasteiger partial charge < -0.3 is 30.7 Å². The molecule has 5 atom stereocenters. The number of fused-ring (bicyclic) bond motifs is 1. The molecule has 0 spiro atoms. The number of alkyl carbamates (subject to hydrolysis) is 1. The topological polar surface area (TPSA) is 114 Å². The highest BCUT2D eigenvalue weighted by molar-refractivity contribution is 5.68. The summed E-state index contributed by atoms with van der Waals surface area (Å²) in [5.41, 5.74) is 5.38. The van der Waals surface area contributed by atoms with Crippen molar-refractivity contribution >= 4 is 6.09 Å². The van der Waals surface area contributed by atoms with Crippen LogP contribution in [0.5, 0.6) is 0 Å². The Morgan fingerprint density at radius 1 is 1.47 bits per heavy atom. The van der Waals surface area contributed by atoms with Gasteiger partial charge in [-0.05, 0) is 0 Å². The Balaban J connectivity index is 2.11. The summed E-state index contributed by atoms with van der Waals surface area (Å²) in [6.45, 7) is 0.173. The third kappa shape index (κ3) is 1.78. The van der Waals surface area contributed by atoms with Crippen molar-refractivity contribution in [3.8, 4) is 0 Å². The molecule has 2 rings (SSSR count). The van der Waals surface area contributed by atoms with Gasteiger partial charge in [-0.1, -0.05) is 0 Å². The summed E-state index contributed by atoms with van der Waals surface area (Å²) < 4.78 is 10.1. The maximum absolute atomic E-state index is 10.9. The van der Waals surface area contributed by atoms with Crippen molar-refractivity contribution in [2.45, 2.75) is 30.5 Å². The predicted molar refractivity (Wildman–Crippen MR) is 48.0 cm³/mol. The zero-order valence-corrected chi connectivity index (χ0v) is 8.00. The molecule has 7 nitrogen and oxygen atoms in total. The number of carbonyl (C=O) groups excluding carboxylic acids is 1. The first-order chi connectivity index (χ1) is 7.13. The van der Waals surface area contributed by atoms with Crippen molar-refractivity contribution in [3.05, 3.63) is 0 Å². The second-order valence-corrected chi connectivity index (χ2v) is 3.70. The van der Waals surface area contributed by atoms with E-state index in [1.807, 2.05) is 0 Å². The van der Waals surface area contributed by atoms with Crippen LogP contribution in [0.1, 0.15) is 0 Å². The molecule has 5 N–H and O–H groups in total. The Hall–Kier alpha value is -0.890. The van der Waals surface area contributed by atoms with Crippen LogP contribution in [0.3, 0.4) is 0 Å². The molecule has 1 amide bonds. The lowest BCUT2D eigenvalue weighted by atomic mass is 9.92. The Kier molecular flexibility index (Phi) is 2.79. The maximum Gasteiger partial charge on any atom is 0.407 e. The van der Waals surface area contributed by atoms with Gasteiger partial charge in [0.2, 0.25) is 0 Å². The molecule has 2 fully saturated rings.